The number of anilines is 1. The van der Waals surface area contributed by atoms with E-state index < -0.39 is 18.2 Å². The molecule has 0 fully saturated rings. The number of carbonyl (C=O) groups is 2. The standard InChI is InChI=1S/C16H15F3N2O2.CH2O3.K/c17-16(18,19)15(22)21-13-6-7-14(12(8-13)9-20)23-10-11-4-2-1-3-5-11;2-1(3)4;/h1-8H,9-10,20H2,(H,21,22);(H2,2,3,4);/q;;+1/p-1. The van der Waals surface area contributed by atoms with Crippen LogP contribution in [-0.4, -0.2) is 23.3 Å². The summed E-state index contributed by atoms with van der Waals surface area (Å²) in [4.78, 5) is 19.4. The van der Waals surface area contributed by atoms with Gasteiger partial charge in [0.2, 0.25) is 6.16 Å². The summed E-state index contributed by atoms with van der Waals surface area (Å²) < 4.78 is 42.4. The third kappa shape index (κ3) is 10.1. The number of hydrogen-bond acceptors (Lipinski definition) is 5. The third-order valence-electron chi connectivity index (χ3n) is 3.03. The van der Waals surface area contributed by atoms with Crippen molar-refractivity contribution < 1.29 is 89.1 Å². The van der Waals surface area contributed by atoms with E-state index >= 15 is 0 Å². The van der Waals surface area contributed by atoms with Crippen molar-refractivity contribution in [3.63, 3.8) is 0 Å². The largest absolute Gasteiger partial charge is 1.00 e. The van der Waals surface area contributed by atoms with Crippen LogP contribution in [0.5, 0.6) is 5.75 Å². The number of benzene rings is 2. The van der Waals surface area contributed by atoms with Crippen LogP contribution in [0.2, 0.25) is 0 Å². The van der Waals surface area contributed by atoms with Crippen LogP contribution in [0.4, 0.5) is 23.7 Å². The van der Waals surface area contributed by atoms with Gasteiger partial charge in [-0.3, -0.25) is 4.79 Å². The minimum Gasteiger partial charge on any atom is -0.565 e. The van der Waals surface area contributed by atoms with Crippen LogP contribution in [0, 0.1) is 0 Å². The molecule has 0 bridgehead atoms. The summed E-state index contributed by atoms with van der Waals surface area (Å²) in [5, 5.41) is 17.1. The summed E-state index contributed by atoms with van der Waals surface area (Å²) >= 11 is 0. The summed E-state index contributed by atoms with van der Waals surface area (Å²) in [5.74, 6) is -1.57. The van der Waals surface area contributed by atoms with E-state index in [4.69, 9.17) is 25.5 Å². The van der Waals surface area contributed by atoms with E-state index in [0.717, 1.165) is 5.56 Å². The van der Waals surface area contributed by atoms with Crippen LogP contribution in [0.15, 0.2) is 48.5 Å². The van der Waals surface area contributed by atoms with Crippen molar-refractivity contribution in [3.8, 4) is 5.75 Å². The molecule has 7 nitrogen and oxygen atoms in total. The van der Waals surface area contributed by atoms with E-state index in [2.05, 4.69) is 0 Å². The molecule has 2 aromatic carbocycles. The van der Waals surface area contributed by atoms with Gasteiger partial charge >= 0.3 is 63.5 Å². The zero-order valence-corrected chi connectivity index (χ0v) is 17.9. The molecule has 28 heavy (non-hydrogen) atoms. The molecule has 0 aliphatic rings. The first kappa shape index (κ1) is 26.4. The Kier molecular flexibility index (Phi) is 12.0. The van der Waals surface area contributed by atoms with Gasteiger partial charge in [-0.2, -0.15) is 13.2 Å². The third-order valence-corrected chi connectivity index (χ3v) is 3.03. The molecule has 146 valence electrons. The average Bonchev–Trinajstić information content (AvgIpc) is 2.60. The van der Waals surface area contributed by atoms with E-state index in [1.54, 1.807) is 5.32 Å². The maximum atomic E-state index is 12.2. The van der Waals surface area contributed by atoms with Crippen molar-refractivity contribution in [1.82, 2.24) is 0 Å². The summed E-state index contributed by atoms with van der Waals surface area (Å²) in [6.45, 7) is 0.377. The van der Waals surface area contributed by atoms with Gasteiger partial charge in [-0.25, -0.2) is 0 Å². The quantitative estimate of drug-likeness (QED) is 0.536. The van der Waals surface area contributed by atoms with E-state index in [1.807, 2.05) is 30.3 Å². The van der Waals surface area contributed by atoms with Gasteiger partial charge in [0.25, 0.3) is 0 Å². The molecule has 1 amide bonds. The topological polar surface area (TPSA) is 125 Å². The molecule has 11 heteroatoms. The van der Waals surface area contributed by atoms with Crippen molar-refractivity contribution in [1.29, 1.82) is 0 Å². The van der Waals surface area contributed by atoms with Gasteiger partial charge in [-0.1, -0.05) is 30.3 Å². The van der Waals surface area contributed by atoms with Gasteiger partial charge in [0.1, 0.15) is 12.4 Å². The maximum Gasteiger partial charge on any atom is 1.00 e. The molecule has 4 N–H and O–H groups in total. The fourth-order valence-electron chi connectivity index (χ4n) is 1.89. The van der Waals surface area contributed by atoms with Crippen LogP contribution in [0.3, 0.4) is 0 Å². The summed E-state index contributed by atoms with van der Waals surface area (Å²) in [6, 6.07) is 13.6. The second-order valence-corrected chi connectivity index (χ2v) is 5.02. The smallest absolute Gasteiger partial charge is 0.565 e. The molecule has 2 aromatic rings. The van der Waals surface area contributed by atoms with E-state index in [9.17, 15) is 18.0 Å². The Hall–Kier alpha value is -1.63. The fourth-order valence-corrected chi connectivity index (χ4v) is 1.89. The molecule has 0 heterocycles. The minimum atomic E-state index is -4.94. The van der Waals surface area contributed by atoms with Gasteiger partial charge < -0.3 is 30.8 Å². The Morgan fingerprint density at radius 1 is 1.14 bits per heavy atom. The molecule has 0 saturated carbocycles. The average molecular weight is 424 g/mol. The molecule has 2 rings (SSSR count). The zero-order valence-electron chi connectivity index (χ0n) is 14.8. The van der Waals surface area contributed by atoms with E-state index in [1.165, 1.54) is 18.2 Å². The van der Waals surface area contributed by atoms with Gasteiger partial charge in [0.15, 0.2) is 0 Å². The number of nitrogens with one attached hydrogen (secondary N) is 1. The van der Waals surface area contributed by atoms with Crippen LogP contribution in [0.25, 0.3) is 0 Å². The minimum absolute atomic E-state index is 0. The number of carboxylic acid groups (broad SMARTS) is 2. The predicted octanol–water partition coefficient (Wildman–Crippen LogP) is -0.883. The number of rotatable bonds is 5. The second-order valence-electron chi connectivity index (χ2n) is 5.02. The molecular weight excluding hydrogens is 408 g/mol. The normalized spacial score (nSPS) is 10.0. The summed E-state index contributed by atoms with van der Waals surface area (Å²) in [7, 11) is 0. The maximum absolute atomic E-state index is 12.2. The number of nitrogens with two attached hydrogens (primary N) is 1. The zero-order chi connectivity index (χ0) is 20.4. The van der Waals surface area contributed by atoms with Crippen molar-refractivity contribution >= 4 is 17.7 Å². The van der Waals surface area contributed by atoms with Crippen LogP contribution >= 0.6 is 0 Å². The first-order valence-corrected chi connectivity index (χ1v) is 7.41. The summed E-state index contributed by atoms with van der Waals surface area (Å²) in [5.41, 5.74) is 7.05. The van der Waals surface area contributed by atoms with Crippen molar-refractivity contribution in [2.75, 3.05) is 5.32 Å². The summed E-state index contributed by atoms with van der Waals surface area (Å²) in [6.07, 6.45) is -7.02. The Morgan fingerprint density at radius 2 is 1.71 bits per heavy atom. The molecule has 0 aliphatic heterocycles. The molecule has 0 aliphatic carbocycles. The van der Waals surface area contributed by atoms with Crippen LogP contribution < -0.4 is 72.3 Å². The number of hydrogen-bond donors (Lipinski definition) is 3. The first-order valence-electron chi connectivity index (χ1n) is 7.41. The van der Waals surface area contributed by atoms with E-state index in [0.29, 0.717) is 17.9 Å². The SMILES string of the molecule is NCc1cc(NC(=O)C(F)(F)F)ccc1OCc1ccccc1.O=C([O-])O.[K+]. The Bertz CT molecular complexity index is 769. The van der Waals surface area contributed by atoms with Gasteiger partial charge in [-0.15, -0.1) is 0 Å². The number of halogens is 3. The van der Waals surface area contributed by atoms with Crippen molar-refractivity contribution in [2.24, 2.45) is 5.73 Å². The molecule has 0 aromatic heterocycles. The second kappa shape index (κ2) is 12.8. The Labute approximate surface area is 201 Å². The Morgan fingerprint density at radius 3 is 2.21 bits per heavy atom. The molecule has 0 saturated heterocycles. The number of alkyl halides is 3. The molecular formula is C17H16F3KN2O5. The monoisotopic (exact) mass is 424 g/mol. The molecule has 0 radical (unpaired) electrons. The van der Waals surface area contributed by atoms with Gasteiger partial charge in [-0.05, 0) is 23.8 Å². The number of amides is 1. The Balaban J connectivity index is 0.00000133. The molecule has 0 unspecified atom stereocenters. The number of carbonyl (C=O) groups excluding carboxylic acids is 1. The van der Waals surface area contributed by atoms with Gasteiger partial charge in [0.05, 0.1) is 0 Å². The first-order chi connectivity index (χ1) is 12.6. The molecule has 0 atom stereocenters. The van der Waals surface area contributed by atoms with Gasteiger partial charge in [0, 0.05) is 17.8 Å². The van der Waals surface area contributed by atoms with Crippen molar-refractivity contribution in [3.05, 3.63) is 59.7 Å². The fraction of sp³-hybridized carbons (Fsp3) is 0.176. The van der Waals surface area contributed by atoms with Crippen LogP contribution in [0.1, 0.15) is 11.1 Å². The predicted molar refractivity (Wildman–Crippen MR) is 87.8 cm³/mol. The number of ether oxygens (including phenoxy) is 1. The van der Waals surface area contributed by atoms with E-state index in [-0.39, 0.29) is 63.6 Å². The van der Waals surface area contributed by atoms with Crippen molar-refractivity contribution in [2.45, 2.75) is 19.3 Å². The van der Waals surface area contributed by atoms with Crippen LogP contribution in [-0.2, 0) is 17.9 Å². The molecule has 0 spiro atoms.